The minimum atomic E-state index is -4.24. The van der Waals surface area contributed by atoms with Crippen molar-refractivity contribution in [1.82, 2.24) is 9.13 Å². The summed E-state index contributed by atoms with van der Waals surface area (Å²) in [5.74, 6) is -1.28. The van der Waals surface area contributed by atoms with Gasteiger partial charge in [0.2, 0.25) is 0 Å². The normalized spacial score (nSPS) is 11.7. The standard InChI is InChI=1S/C21H17F2N3O3S2/c1-25-17-11-16(24-31(28,29)20-6-4-3-5-15(20)23)19(12-18(17)26(2)21(25)27)30-14-9-7-13(22)8-10-14/h3-12,24H,1-2H3. The van der Waals surface area contributed by atoms with E-state index in [0.717, 1.165) is 6.07 Å². The molecule has 10 heteroatoms. The van der Waals surface area contributed by atoms with Crippen LogP contribution in [0.2, 0.25) is 0 Å². The Balaban J connectivity index is 1.87. The van der Waals surface area contributed by atoms with Crippen molar-refractivity contribution in [1.29, 1.82) is 0 Å². The SMILES string of the molecule is Cn1c(=O)n(C)c2cc(Sc3ccc(F)cc3)c(NS(=O)(=O)c3ccccc3F)cc21. The quantitative estimate of drug-likeness (QED) is 0.486. The van der Waals surface area contributed by atoms with Crippen LogP contribution in [-0.2, 0) is 24.1 Å². The van der Waals surface area contributed by atoms with E-state index < -0.39 is 26.6 Å². The summed E-state index contributed by atoms with van der Waals surface area (Å²) < 4.78 is 58.5. The predicted octanol–water partition coefficient (Wildman–Crippen LogP) is 4.11. The Labute approximate surface area is 181 Å². The van der Waals surface area contributed by atoms with Crippen LogP contribution in [0, 0.1) is 11.6 Å². The topological polar surface area (TPSA) is 73.1 Å². The zero-order valence-corrected chi connectivity index (χ0v) is 18.1. The second-order valence-corrected chi connectivity index (χ2v) is 9.60. The molecule has 31 heavy (non-hydrogen) atoms. The number of anilines is 1. The van der Waals surface area contributed by atoms with Gasteiger partial charge in [-0.2, -0.15) is 0 Å². The summed E-state index contributed by atoms with van der Waals surface area (Å²) in [6, 6.07) is 14.0. The molecule has 1 N–H and O–H groups in total. The minimum Gasteiger partial charge on any atom is -0.295 e. The Hall–Kier alpha value is -3.11. The third-order valence-electron chi connectivity index (χ3n) is 4.79. The smallest absolute Gasteiger partial charge is 0.295 e. The predicted molar refractivity (Wildman–Crippen MR) is 116 cm³/mol. The first-order valence-corrected chi connectivity index (χ1v) is 11.4. The maximum atomic E-state index is 14.1. The number of halogens is 2. The van der Waals surface area contributed by atoms with Crippen molar-refractivity contribution in [2.75, 3.05) is 4.72 Å². The molecular weight excluding hydrogens is 444 g/mol. The molecule has 0 saturated carbocycles. The highest BCUT2D eigenvalue weighted by Gasteiger charge is 2.22. The van der Waals surface area contributed by atoms with Crippen molar-refractivity contribution >= 4 is 38.5 Å². The summed E-state index contributed by atoms with van der Waals surface area (Å²) in [4.78, 5) is 13.0. The number of hydrogen-bond acceptors (Lipinski definition) is 4. The Morgan fingerprint density at radius 3 is 2.16 bits per heavy atom. The van der Waals surface area contributed by atoms with Gasteiger partial charge in [0.25, 0.3) is 10.0 Å². The van der Waals surface area contributed by atoms with Crippen LogP contribution < -0.4 is 10.4 Å². The molecule has 1 heterocycles. The molecule has 0 saturated heterocycles. The monoisotopic (exact) mass is 461 g/mol. The molecule has 4 aromatic rings. The molecule has 0 unspecified atom stereocenters. The summed E-state index contributed by atoms with van der Waals surface area (Å²) >= 11 is 1.19. The lowest BCUT2D eigenvalue weighted by Gasteiger charge is -2.14. The van der Waals surface area contributed by atoms with Crippen molar-refractivity contribution in [3.63, 3.8) is 0 Å². The molecule has 0 amide bonds. The van der Waals surface area contributed by atoms with E-state index >= 15 is 0 Å². The Morgan fingerprint density at radius 2 is 1.52 bits per heavy atom. The van der Waals surface area contributed by atoms with E-state index in [1.54, 1.807) is 32.3 Å². The van der Waals surface area contributed by atoms with Crippen LogP contribution in [-0.4, -0.2) is 17.6 Å². The summed E-state index contributed by atoms with van der Waals surface area (Å²) in [6.07, 6.45) is 0. The summed E-state index contributed by atoms with van der Waals surface area (Å²) in [6.45, 7) is 0. The lowest BCUT2D eigenvalue weighted by molar-refractivity contribution is 0.570. The highest BCUT2D eigenvalue weighted by atomic mass is 32.2. The molecule has 0 radical (unpaired) electrons. The molecule has 0 aliphatic heterocycles. The molecular formula is C21H17F2N3O3S2. The van der Waals surface area contributed by atoms with Crippen molar-refractivity contribution in [2.24, 2.45) is 14.1 Å². The van der Waals surface area contributed by atoms with Crippen LogP contribution in [0.5, 0.6) is 0 Å². The van der Waals surface area contributed by atoms with E-state index in [9.17, 15) is 22.0 Å². The molecule has 160 valence electrons. The van der Waals surface area contributed by atoms with Crippen molar-refractivity contribution in [3.8, 4) is 0 Å². The molecule has 4 rings (SSSR count). The molecule has 1 aromatic heterocycles. The Bertz CT molecular complexity index is 1460. The zero-order valence-electron chi connectivity index (χ0n) is 16.5. The molecule has 0 fully saturated rings. The summed E-state index contributed by atoms with van der Waals surface area (Å²) in [5.41, 5.74) is 0.987. The maximum Gasteiger partial charge on any atom is 0.328 e. The lowest BCUT2D eigenvalue weighted by Crippen LogP contribution is -2.19. The summed E-state index contributed by atoms with van der Waals surface area (Å²) in [5, 5.41) is 0. The van der Waals surface area contributed by atoms with E-state index in [1.807, 2.05) is 0 Å². The van der Waals surface area contributed by atoms with Crippen molar-refractivity contribution in [3.05, 3.63) is 82.8 Å². The molecule has 0 aliphatic rings. The highest BCUT2D eigenvalue weighted by molar-refractivity contribution is 7.99. The molecule has 0 bridgehead atoms. The molecule has 0 spiro atoms. The highest BCUT2D eigenvalue weighted by Crippen LogP contribution is 2.37. The first kappa shape index (κ1) is 21.1. The molecule has 3 aromatic carbocycles. The van der Waals surface area contributed by atoms with Crippen LogP contribution >= 0.6 is 11.8 Å². The number of imidazole rings is 1. The van der Waals surface area contributed by atoms with Gasteiger partial charge in [0, 0.05) is 23.9 Å². The Kier molecular flexibility index (Phi) is 5.36. The van der Waals surface area contributed by atoms with E-state index in [4.69, 9.17) is 0 Å². The fraction of sp³-hybridized carbons (Fsp3) is 0.0952. The van der Waals surface area contributed by atoms with Gasteiger partial charge >= 0.3 is 5.69 Å². The number of aromatic nitrogens is 2. The minimum absolute atomic E-state index is 0.172. The van der Waals surface area contributed by atoms with Gasteiger partial charge in [-0.05, 0) is 48.5 Å². The van der Waals surface area contributed by atoms with Crippen molar-refractivity contribution < 1.29 is 17.2 Å². The average molecular weight is 462 g/mol. The number of nitrogens with one attached hydrogen (secondary N) is 1. The Morgan fingerprint density at radius 1 is 0.903 bits per heavy atom. The number of hydrogen-bond donors (Lipinski definition) is 1. The van der Waals surface area contributed by atoms with E-state index in [2.05, 4.69) is 4.72 Å². The average Bonchev–Trinajstić information content (AvgIpc) is 2.93. The molecule has 0 atom stereocenters. The number of sulfonamides is 1. The van der Waals surface area contributed by atoms with Gasteiger partial charge in [0.15, 0.2) is 0 Å². The third kappa shape index (κ3) is 3.96. The van der Waals surface area contributed by atoms with Crippen LogP contribution in [0.3, 0.4) is 0 Å². The van der Waals surface area contributed by atoms with E-state index in [0.29, 0.717) is 20.8 Å². The van der Waals surface area contributed by atoms with Gasteiger partial charge < -0.3 is 0 Å². The first-order valence-electron chi connectivity index (χ1n) is 9.07. The van der Waals surface area contributed by atoms with Gasteiger partial charge in [0.05, 0.1) is 16.7 Å². The van der Waals surface area contributed by atoms with Crippen molar-refractivity contribution in [2.45, 2.75) is 14.7 Å². The maximum absolute atomic E-state index is 14.1. The number of fused-ring (bicyclic) bond motifs is 1. The fourth-order valence-corrected chi connectivity index (χ4v) is 5.31. The lowest BCUT2D eigenvalue weighted by atomic mass is 10.3. The van der Waals surface area contributed by atoms with Gasteiger partial charge in [-0.1, -0.05) is 23.9 Å². The first-order chi connectivity index (χ1) is 14.7. The third-order valence-corrected chi connectivity index (χ3v) is 7.25. The zero-order chi connectivity index (χ0) is 22.3. The van der Waals surface area contributed by atoms with Gasteiger partial charge in [0.1, 0.15) is 16.5 Å². The molecule has 6 nitrogen and oxygen atoms in total. The van der Waals surface area contributed by atoms with E-state index in [-0.39, 0.29) is 11.4 Å². The van der Waals surface area contributed by atoms with Crippen LogP contribution in [0.25, 0.3) is 11.0 Å². The number of nitrogens with zero attached hydrogens (tertiary/aromatic N) is 2. The second-order valence-electron chi connectivity index (χ2n) is 6.83. The van der Waals surface area contributed by atoms with E-state index in [1.165, 1.54) is 57.3 Å². The number of benzene rings is 3. The van der Waals surface area contributed by atoms with Crippen LogP contribution in [0.4, 0.5) is 14.5 Å². The van der Waals surface area contributed by atoms with Crippen LogP contribution in [0.15, 0.2) is 80.1 Å². The van der Waals surface area contributed by atoms with Gasteiger partial charge in [-0.15, -0.1) is 0 Å². The van der Waals surface area contributed by atoms with Crippen LogP contribution in [0.1, 0.15) is 0 Å². The molecule has 0 aliphatic carbocycles. The summed E-state index contributed by atoms with van der Waals surface area (Å²) in [7, 11) is -1.06. The van der Waals surface area contributed by atoms with Gasteiger partial charge in [-0.3, -0.25) is 13.9 Å². The number of aryl methyl sites for hydroxylation is 2. The largest absolute Gasteiger partial charge is 0.328 e. The fourth-order valence-electron chi connectivity index (χ4n) is 3.18. The van der Waals surface area contributed by atoms with Gasteiger partial charge in [-0.25, -0.2) is 22.0 Å². The second kappa shape index (κ2) is 7.86. The number of rotatable bonds is 5.